The summed E-state index contributed by atoms with van der Waals surface area (Å²) >= 11 is 1.60. The number of pyridine rings is 2. The molecule has 3 atom stereocenters. The maximum atomic E-state index is 14.2. The van der Waals surface area contributed by atoms with Crippen LogP contribution in [0.2, 0.25) is 0 Å². The molecule has 1 saturated carbocycles. The van der Waals surface area contributed by atoms with Crippen LogP contribution >= 0.6 is 11.3 Å². The number of rotatable bonds is 26. The maximum absolute atomic E-state index is 14.2. The largest absolute Gasteiger partial charge is 0.391 e. The number of nitrogens with two attached hydrogens (primary N) is 2. The zero-order chi connectivity index (χ0) is 55.7. The number of hydrogen-bond acceptors (Lipinski definition) is 12. The second kappa shape index (κ2) is 25.6. The second-order valence-corrected chi connectivity index (χ2v) is 24.2. The van der Waals surface area contributed by atoms with Crippen LogP contribution in [-0.4, -0.2) is 76.5 Å². The number of likely N-dealkylation sites (tertiary alicyclic amines) is 1. The van der Waals surface area contributed by atoms with Crippen molar-refractivity contribution in [2.75, 3.05) is 12.3 Å². The molecule has 13 nitrogen and oxygen atoms in total. The number of aromatic nitrogens is 5. The van der Waals surface area contributed by atoms with Crippen LogP contribution in [0.3, 0.4) is 0 Å². The first kappa shape index (κ1) is 57.0. The van der Waals surface area contributed by atoms with Gasteiger partial charge in [-0.15, -0.1) is 11.3 Å². The predicted molar refractivity (Wildman–Crippen MR) is 315 cm³/mol. The normalized spacial score (nSPS) is 16.5. The quantitative estimate of drug-likeness (QED) is 0.0436. The Balaban J connectivity index is 0.678. The van der Waals surface area contributed by atoms with Gasteiger partial charge in [-0.25, -0.2) is 19.9 Å². The summed E-state index contributed by atoms with van der Waals surface area (Å²) in [6.07, 6.45) is 15.0. The monoisotopic (exact) mass is 1080 g/mol. The van der Waals surface area contributed by atoms with Crippen LogP contribution in [0.25, 0.3) is 49.9 Å². The summed E-state index contributed by atoms with van der Waals surface area (Å²) in [4.78, 5) is 75.7. The number of aliphatic hydroxyl groups excluding tert-OH is 1. The molecule has 0 spiro atoms. The van der Waals surface area contributed by atoms with Gasteiger partial charge in [-0.05, 0) is 128 Å². The first-order valence-corrected chi connectivity index (χ1v) is 29.6. The number of fused-ring (bicyclic) bond motifs is 1. The number of aliphatic hydroxyl groups is 1. The van der Waals surface area contributed by atoms with E-state index in [0.717, 1.165) is 138 Å². The minimum Gasteiger partial charge on any atom is -0.391 e. The molecule has 2 aliphatic rings. The molecule has 0 bridgehead atoms. The number of unbranched alkanes of at least 4 members (excludes halogenated alkanes) is 6. The van der Waals surface area contributed by atoms with E-state index in [1.807, 2.05) is 69.6 Å². The molecule has 0 unspecified atom stereocenters. The van der Waals surface area contributed by atoms with Crippen molar-refractivity contribution in [2.24, 2.45) is 17.1 Å². The van der Waals surface area contributed by atoms with E-state index in [4.69, 9.17) is 21.4 Å². The third-order valence-electron chi connectivity index (χ3n) is 16.4. The first-order chi connectivity index (χ1) is 38.0. The van der Waals surface area contributed by atoms with Crippen molar-refractivity contribution in [2.45, 2.75) is 167 Å². The molecule has 1 aliphatic carbocycles. The Morgan fingerprint density at radius 2 is 1.47 bits per heavy atom. The molecule has 2 fully saturated rings. The first-order valence-electron chi connectivity index (χ1n) is 28.7. The highest BCUT2D eigenvalue weighted by atomic mass is 32.1. The molecule has 79 heavy (non-hydrogen) atoms. The van der Waals surface area contributed by atoms with Crippen molar-refractivity contribution in [1.82, 2.24) is 29.4 Å². The molecule has 1 saturated heterocycles. The van der Waals surface area contributed by atoms with E-state index in [2.05, 4.69) is 75.2 Å². The van der Waals surface area contributed by atoms with E-state index >= 15 is 0 Å². The average molecular weight is 1080 g/mol. The van der Waals surface area contributed by atoms with Crippen molar-refractivity contribution < 1.29 is 24.3 Å². The number of ketones is 3. The van der Waals surface area contributed by atoms with Gasteiger partial charge in [0, 0.05) is 74.0 Å². The summed E-state index contributed by atoms with van der Waals surface area (Å²) in [6.45, 7) is 8.02. The standard InChI is InChI=1S/C65H78N8O5S/c1-43-59(79-42-69-43)46-26-23-44(24-27-46)25-34-58(77)57-40-52(76)41-72(57)63(78)54(64(2,3)4)39-51(75)20-11-9-7-5-6-8-10-19-50(74)21-13-17-45-16-12-18-47(38-45)55-32-33-56-62(70-55)73(61(71-56)53-22-14-37-68-60(53)66)49-30-28-48(29-31-49)65(67)35-15-36-65/h12,14,16,18,22-24,26-33,37-38,42,52,54,57,76H,5-11,13,15,17,19-21,25,34-36,39-41,67H2,1-4H3,(H2,66,68)/t52-,54-,57+/m1/s1. The molecule has 4 aromatic heterocycles. The lowest BCUT2D eigenvalue weighted by Gasteiger charge is -2.38. The van der Waals surface area contributed by atoms with Crippen molar-refractivity contribution in [3.63, 3.8) is 0 Å². The van der Waals surface area contributed by atoms with E-state index in [-0.39, 0.29) is 48.8 Å². The zero-order valence-corrected chi connectivity index (χ0v) is 47.4. The number of thiazole rings is 1. The fourth-order valence-electron chi connectivity index (χ4n) is 11.5. The number of amides is 1. The number of β-amino-alcohol motifs (C(OH)–C–C–N with tert-alkyl or cyclic N) is 1. The number of carbonyl (C=O) groups excluding carboxylic acids is 4. The molecule has 1 aliphatic heterocycles. The van der Waals surface area contributed by atoms with Crippen LogP contribution < -0.4 is 11.5 Å². The Bertz CT molecular complexity index is 3240. The summed E-state index contributed by atoms with van der Waals surface area (Å²) in [5, 5.41) is 10.7. The van der Waals surface area contributed by atoms with Gasteiger partial charge in [0.1, 0.15) is 22.9 Å². The lowest BCUT2D eigenvalue weighted by molar-refractivity contribution is -0.145. The van der Waals surface area contributed by atoms with Gasteiger partial charge < -0.3 is 21.5 Å². The topological polar surface area (TPSA) is 200 Å². The molecule has 3 aromatic carbocycles. The third kappa shape index (κ3) is 14.0. The van der Waals surface area contributed by atoms with E-state index in [1.54, 1.807) is 22.4 Å². The highest BCUT2D eigenvalue weighted by Gasteiger charge is 2.44. The van der Waals surface area contributed by atoms with Gasteiger partial charge in [-0.2, -0.15) is 0 Å². The lowest BCUT2D eigenvalue weighted by Crippen LogP contribution is -2.47. The SMILES string of the molecule is Cc1ncsc1-c1ccc(CCC(=O)[C@@H]2C[C@@H](O)CN2C(=O)[C@@H](CC(=O)CCCCCCCCCC(=O)CCCc2cccc(-c3ccc4nc(-c5cccnc5N)n(-c5ccc(C6(N)CCC6)cc5)c4n3)c2)C(C)(C)C)cc1. The number of Topliss-reactive ketones (excluding diaryl/α,β-unsaturated/α-hetero) is 3. The number of nitrogen functional groups attached to an aromatic ring is 1. The number of benzene rings is 3. The summed E-state index contributed by atoms with van der Waals surface area (Å²) in [7, 11) is 0. The second-order valence-electron chi connectivity index (χ2n) is 23.4. The third-order valence-corrected chi connectivity index (χ3v) is 17.4. The smallest absolute Gasteiger partial charge is 0.227 e. The molecule has 5 heterocycles. The molecule has 0 radical (unpaired) electrons. The molecule has 14 heteroatoms. The average Bonchev–Trinajstić information content (AvgIpc) is 4.38. The summed E-state index contributed by atoms with van der Waals surface area (Å²) in [6, 6.07) is 32.1. The van der Waals surface area contributed by atoms with Gasteiger partial charge >= 0.3 is 0 Å². The number of nitrogens with zero attached hydrogens (tertiary/aromatic N) is 6. The van der Waals surface area contributed by atoms with Gasteiger partial charge in [-0.1, -0.05) is 107 Å². The Labute approximate surface area is 469 Å². The Kier molecular flexibility index (Phi) is 18.4. The lowest BCUT2D eigenvalue weighted by atomic mass is 9.73. The fourth-order valence-corrected chi connectivity index (χ4v) is 12.3. The van der Waals surface area contributed by atoms with Crippen molar-refractivity contribution in [3.8, 4) is 38.8 Å². The minimum atomic E-state index is -0.772. The van der Waals surface area contributed by atoms with E-state index in [0.29, 0.717) is 48.8 Å². The molecular formula is C65H78N8O5S. The Morgan fingerprint density at radius 3 is 2.14 bits per heavy atom. The van der Waals surface area contributed by atoms with E-state index < -0.39 is 23.5 Å². The molecule has 414 valence electrons. The van der Waals surface area contributed by atoms with Crippen molar-refractivity contribution in [1.29, 1.82) is 0 Å². The Hall–Kier alpha value is -6.74. The van der Waals surface area contributed by atoms with Crippen molar-refractivity contribution in [3.05, 3.63) is 131 Å². The summed E-state index contributed by atoms with van der Waals surface area (Å²) in [5.74, 6) is 0.575. The van der Waals surface area contributed by atoms with Crippen LogP contribution in [0.15, 0.2) is 109 Å². The number of aryl methyl sites for hydroxylation is 3. The molecule has 9 rings (SSSR count). The minimum absolute atomic E-state index is 0.0571. The van der Waals surface area contributed by atoms with Gasteiger partial charge in [0.05, 0.1) is 39.5 Å². The molecular weight excluding hydrogens is 1000 g/mol. The summed E-state index contributed by atoms with van der Waals surface area (Å²) < 4.78 is 2.05. The fraction of sp³-hybridized carbons (Fsp3) is 0.446. The van der Waals surface area contributed by atoms with Crippen LogP contribution in [0.5, 0.6) is 0 Å². The van der Waals surface area contributed by atoms with Crippen LogP contribution in [0.4, 0.5) is 5.82 Å². The number of hydrogen-bond donors (Lipinski definition) is 3. The molecule has 5 N–H and O–H groups in total. The van der Waals surface area contributed by atoms with Gasteiger partial charge in [0.15, 0.2) is 17.3 Å². The number of imidazole rings is 1. The maximum Gasteiger partial charge on any atom is 0.227 e. The predicted octanol–water partition coefficient (Wildman–Crippen LogP) is 12.7. The van der Waals surface area contributed by atoms with Crippen LogP contribution in [0, 0.1) is 18.3 Å². The van der Waals surface area contributed by atoms with Crippen LogP contribution in [-0.2, 0) is 37.6 Å². The van der Waals surface area contributed by atoms with Gasteiger partial charge in [-0.3, -0.25) is 23.7 Å². The highest BCUT2D eigenvalue weighted by molar-refractivity contribution is 7.13. The van der Waals surface area contributed by atoms with Gasteiger partial charge in [0.2, 0.25) is 5.91 Å². The van der Waals surface area contributed by atoms with Crippen LogP contribution in [0.1, 0.15) is 152 Å². The van der Waals surface area contributed by atoms with E-state index in [1.165, 1.54) is 0 Å². The molecule has 7 aromatic rings. The highest BCUT2D eigenvalue weighted by Crippen LogP contribution is 2.40. The number of anilines is 1. The molecule has 1 amide bonds. The van der Waals surface area contributed by atoms with Gasteiger partial charge in [0.25, 0.3) is 0 Å². The number of carbonyl (C=O) groups is 4. The Morgan fingerprint density at radius 1 is 0.759 bits per heavy atom. The summed E-state index contributed by atoms with van der Waals surface area (Å²) in [5.41, 5.74) is 24.5. The van der Waals surface area contributed by atoms with Crippen molar-refractivity contribution >= 4 is 51.6 Å². The van der Waals surface area contributed by atoms with E-state index in [9.17, 15) is 24.3 Å². The zero-order valence-electron chi connectivity index (χ0n) is 46.6.